The molecule has 0 spiro atoms. The first-order chi connectivity index (χ1) is 9.56. The van der Waals surface area contributed by atoms with Crippen molar-refractivity contribution >= 4 is 23.1 Å². The summed E-state index contributed by atoms with van der Waals surface area (Å²) in [6, 6.07) is 7.15. The van der Waals surface area contributed by atoms with Crippen LogP contribution in [0.5, 0.6) is 5.75 Å². The van der Waals surface area contributed by atoms with Crippen LogP contribution in [0.4, 0.5) is 0 Å². The van der Waals surface area contributed by atoms with Crippen LogP contribution in [0.3, 0.4) is 0 Å². The highest BCUT2D eigenvalue weighted by Gasteiger charge is 2.13. The van der Waals surface area contributed by atoms with Crippen LogP contribution >= 0.6 is 12.2 Å². The Bertz CT molecular complexity index is 463. The van der Waals surface area contributed by atoms with Crippen molar-refractivity contribution in [2.75, 3.05) is 6.61 Å². The lowest BCUT2D eigenvalue weighted by atomic mass is 10.1. The van der Waals surface area contributed by atoms with Gasteiger partial charge in [-0.15, -0.1) is 0 Å². The number of thiocarbonyl (C=S) groups is 1. The van der Waals surface area contributed by atoms with E-state index in [1.165, 1.54) is 0 Å². The van der Waals surface area contributed by atoms with E-state index in [2.05, 4.69) is 5.32 Å². The van der Waals surface area contributed by atoms with Gasteiger partial charge in [-0.3, -0.25) is 4.79 Å². The van der Waals surface area contributed by atoms with Gasteiger partial charge in [0.25, 0.3) is 5.91 Å². The minimum absolute atomic E-state index is 0.0276. The first-order valence-electron chi connectivity index (χ1n) is 6.88. The molecule has 1 aromatic rings. The Hall–Kier alpha value is -1.62. The highest BCUT2D eigenvalue weighted by atomic mass is 32.1. The molecule has 0 aliphatic heterocycles. The Morgan fingerprint density at radius 3 is 2.80 bits per heavy atom. The lowest BCUT2D eigenvalue weighted by molar-refractivity contribution is 0.0936. The minimum atomic E-state index is -0.130. The van der Waals surface area contributed by atoms with E-state index in [0.717, 1.165) is 12.8 Å². The van der Waals surface area contributed by atoms with Crippen LogP contribution in [0.1, 0.15) is 43.5 Å². The van der Waals surface area contributed by atoms with E-state index in [1.807, 2.05) is 26.0 Å². The summed E-state index contributed by atoms with van der Waals surface area (Å²) in [4.78, 5) is 12.6. The van der Waals surface area contributed by atoms with Gasteiger partial charge in [0.2, 0.25) is 0 Å². The molecular formula is C15H22N2O2S. The molecule has 4 nitrogen and oxygen atoms in total. The third kappa shape index (κ3) is 5.57. The standard InChI is InChI=1S/C15H22N2O2S/c1-3-8-19-13-7-5-6-11(9-13)15(18)17-12(4-2)10-14(16)20/h5-7,9,12H,3-4,8,10H2,1-2H3,(H2,16,20)(H,17,18). The van der Waals surface area contributed by atoms with Crippen molar-refractivity contribution in [3.63, 3.8) is 0 Å². The topological polar surface area (TPSA) is 64.3 Å². The molecule has 0 aromatic heterocycles. The van der Waals surface area contributed by atoms with Crippen LogP contribution in [0.2, 0.25) is 0 Å². The van der Waals surface area contributed by atoms with Gasteiger partial charge in [0.1, 0.15) is 5.75 Å². The minimum Gasteiger partial charge on any atom is -0.494 e. The summed E-state index contributed by atoms with van der Waals surface area (Å²) in [7, 11) is 0. The zero-order valence-corrected chi connectivity index (χ0v) is 12.8. The largest absolute Gasteiger partial charge is 0.494 e. The van der Waals surface area contributed by atoms with E-state index in [-0.39, 0.29) is 11.9 Å². The number of nitrogens with two attached hydrogens (primary N) is 1. The number of benzene rings is 1. The summed E-state index contributed by atoms with van der Waals surface area (Å²) in [5.74, 6) is 0.581. The molecule has 5 heteroatoms. The smallest absolute Gasteiger partial charge is 0.251 e. The Morgan fingerprint density at radius 2 is 2.20 bits per heavy atom. The van der Waals surface area contributed by atoms with Gasteiger partial charge in [0.05, 0.1) is 11.6 Å². The molecule has 3 N–H and O–H groups in total. The molecule has 1 rings (SSSR count). The van der Waals surface area contributed by atoms with Crippen LogP contribution in [-0.4, -0.2) is 23.5 Å². The maximum Gasteiger partial charge on any atom is 0.251 e. The van der Waals surface area contributed by atoms with Gasteiger partial charge in [-0.05, 0) is 31.0 Å². The number of amides is 1. The molecule has 20 heavy (non-hydrogen) atoms. The number of carbonyl (C=O) groups is 1. The molecule has 1 unspecified atom stereocenters. The average Bonchev–Trinajstić information content (AvgIpc) is 2.44. The Balaban J connectivity index is 2.68. The van der Waals surface area contributed by atoms with Crippen LogP contribution in [-0.2, 0) is 0 Å². The van der Waals surface area contributed by atoms with Crippen molar-refractivity contribution in [2.24, 2.45) is 5.73 Å². The zero-order chi connectivity index (χ0) is 15.0. The number of nitrogens with one attached hydrogen (secondary N) is 1. The summed E-state index contributed by atoms with van der Waals surface area (Å²) in [6.45, 7) is 4.67. The molecular weight excluding hydrogens is 272 g/mol. The van der Waals surface area contributed by atoms with E-state index < -0.39 is 0 Å². The molecule has 0 radical (unpaired) electrons. The van der Waals surface area contributed by atoms with Crippen LogP contribution in [0.25, 0.3) is 0 Å². The summed E-state index contributed by atoms with van der Waals surface area (Å²) < 4.78 is 5.52. The molecule has 0 heterocycles. The Kier molecular flexibility index (Phi) is 7.01. The van der Waals surface area contributed by atoms with Gasteiger partial charge in [-0.2, -0.15) is 0 Å². The highest BCUT2D eigenvalue weighted by molar-refractivity contribution is 7.80. The van der Waals surface area contributed by atoms with Gasteiger partial charge >= 0.3 is 0 Å². The summed E-state index contributed by atoms with van der Waals surface area (Å²) in [5.41, 5.74) is 6.11. The van der Waals surface area contributed by atoms with E-state index >= 15 is 0 Å². The quantitative estimate of drug-likeness (QED) is 0.724. The molecule has 1 atom stereocenters. The summed E-state index contributed by atoms with van der Waals surface area (Å²) in [5, 5.41) is 2.94. The summed E-state index contributed by atoms with van der Waals surface area (Å²) >= 11 is 4.88. The maximum atomic E-state index is 12.2. The SMILES string of the molecule is CCCOc1cccc(C(=O)NC(CC)CC(N)=S)c1. The van der Waals surface area contributed by atoms with Crippen molar-refractivity contribution in [2.45, 2.75) is 39.2 Å². The number of ether oxygens (including phenoxy) is 1. The van der Waals surface area contributed by atoms with Crippen LogP contribution in [0, 0.1) is 0 Å². The van der Waals surface area contributed by atoms with Crippen molar-refractivity contribution in [3.8, 4) is 5.75 Å². The van der Waals surface area contributed by atoms with Gasteiger partial charge < -0.3 is 15.8 Å². The van der Waals surface area contributed by atoms with Crippen LogP contribution < -0.4 is 15.8 Å². The number of hydrogen-bond donors (Lipinski definition) is 2. The second-order valence-corrected chi connectivity index (χ2v) is 5.15. The maximum absolute atomic E-state index is 12.2. The monoisotopic (exact) mass is 294 g/mol. The lowest BCUT2D eigenvalue weighted by Gasteiger charge is -2.16. The molecule has 0 fully saturated rings. The highest BCUT2D eigenvalue weighted by Crippen LogP contribution is 2.14. The fourth-order valence-corrected chi connectivity index (χ4v) is 1.96. The fourth-order valence-electron chi connectivity index (χ4n) is 1.76. The van der Waals surface area contributed by atoms with E-state index in [9.17, 15) is 4.79 Å². The molecule has 0 bridgehead atoms. The predicted molar refractivity (Wildman–Crippen MR) is 85.2 cm³/mol. The third-order valence-electron chi connectivity index (χ3n) is 2.84. The second kappa shape index (κ2) is 8.53. The van der Waals surface area contributed by atoms with Crippen molar-refractivity contribution < 1.29 is 9.53 Å². The van der Waals surface area contributed by atoms with Crippen molar-refractivity contribution in [1.29, 1.82) is 0 Å². The van der Waals surface area contributed by atoms with Gasteiger partial charge in [0.15, 0.2) is 0 Å². The molecule has 1 aromatic carbocycles. The molecule has 0 saturated carbocycles. The lowest BCUT2D eigenvalue weighted by Crippen LogP contribution is -2.37. The predicted octanol–water partition coefficient (Wildman–Crippen LogP) is 2.66. The number of rotatable bonds is 8. The number of carbonyl (C=O) groups excluding carboxylic acids is 1. The van der Waals surface area contributed by atoms with E-state index in [4.69, 9.17) is 22.7 Å². The molecule has 0 aliphatic rings. The molecule has 1 amide bonds. The molecule has 0 aliphatic carbocycles. The zero-order valence-electron chi connectivity index (χ0n) is 12.0. The van der Waals surface area contributed by atoms with Gasteiger partial charge in [-0.25, -0.2) is 0 Å². The first-order valence-corrected chi connectivity index (χ1v) is 7.29. The molecule has 0 saturated heterocycles. The van der Waals surface area contributed by atoms with Crippen LogP contribution in [0.15, 0.2) is 24.3 Å². The van der Waals surface area contributed by atoms with Crippen molar-refractivity contribution in [3.05, 3.63) is 29.8 Å². The fraction of sp³-hybridized carbons (Fsp3) is 0.467. The normalized spacial score (nSPS) is 11.7. The third-order valence-corrected chi connectivity index (χ3v) is 3.01. The summed E-state index contributed by atoms with van der Waals surface area (Å²) in [6.07, 6.45) is 2.24. The molecule has 110 valence electrons. The second-order valence-electron chi connectivity index (χ2n) is 4.63. The first kappa shape index (κ1) is 16.4. The number of hydrogen-bond acceptors (Lipinski definition) is 3. The van der Waals surface area contributed by atoms with E-state index in [0.29, 0.717) is 29.3 Å². The Morgan fingerprint density at radius 1 is 1.45 bits per heavy atom. The van der Waals surface area contributed by atoms with Crippen molar-refractivity contribution in [1.82, 2.24) is 5.32 Å². The van der Waals surface area contributed by atoms with E-state index in [1.54, 1.807) is 12.1 Å². The Labute approximate surface area is 125 Å². The van der Waals surface area contributed by atoms with Gasteiger partial charge in [0, 0.05) is 18.0 Å². The van der Waals surface area contributed by atoms with Gasteiger partial charge in [-0.1, -0.05) is 32.1 Å². The average molecular weight is 294 g/mol.